The van der Waals surface area contributed by atoms with E-state index >= 15 is 0 Å². The molecule has 0 bridgehead atoms. The van der Waals surface area contributed by atoms with Crippen molar-refractivity contribution in [3.8, 4) is 21.9 Å². The first-order chi connectivity index (χ1) is 21.5. The molecule has 7 N–H and O–H groups in total. The molecule has 246 valence electrons. The highest BCUT2D eigenvalue weighted by Crippen LogP contribution is 2.30. The Bertz CT molecular complexity index is 1590. The molecule has 0 fully saturated rings. The predicted octanol–water partition coefficient (Wildman–Crippen LogP) is 3.58. The van der Waals surface area contributed by atoms with Crippen molar-refractivity contribution >= 4 is 46.8 Å². The quantitative estimate of drug-likeness (QED) is 0.0827. The summed E-state index contributed by atoms with van der Waals surface area (Å²) in [6.07, 6.45) is -5.80. The van der Waals surface area contributed by atoms with Gasteiger partial charge in [0.05, 0.1) is 18.7 Å². The fourth-order valence-corrected chi connectivity index (χ4v) is 4.40. The van der Waals surface area contributed by atoms with Crippen LogP contribution in [-0.2, 0) is 25.6 Å². The lowest BCUT2D eigenvalue weighted by Crippen LogP contribution is -2.39. The van der Waals surface area contributed by atoms with E-state index in [4.69, 9.17) is 35.6 Å². The van der Waals surface area contributed by atoms with E-state index in [0.717, 1.165) is 10.4 Å². The number of halogens is 3. The van der Waals surface area contributed by atoms with Crippen LogP contribution in [0.5, 0.6) is 11.5 Å². The average molecular weight is 668 g/mol. The van der Waals surface area contributed by atoms with E-state index < -0.39 is 48.2 Å². The smallest absolute Gasteiger partial charge is 0.490 e. The van der Waals surface area contributed by atoms with Crippen molar-refractivity contribution in [2.45, 2.75) is 31.5 Å². The molecule has 0 aliphatic rings. The van der Waals surface area contributed by atoms with Crippen molar-refractivity contribution in [3.05, 3.63) is 70.6 Å². The molecule has 0 spiro atoms. The zero-order valence-electron chi connectivity index (χ0n) is 23.9. The number of hydrogen-bond donors (Lipinski definition) is 6. The first kappa shape index (κ1) is 36.7. The highest BCUT2D eigenvalue weighted by Gasteiger charge is 2.38. The van der Waals surface area contributed by atoms with Crippen molar-refractivity contribution < 1.29 is 61.9 Å². The molecule has 13 nitrogen and oxygen atoms in total. The number of nitrogen functional groups attached to an aromatic ring is 1. The van der Waals surface area contributed by atoms with Gasteiger partial charge in [-0.05, 0) is 47.7 Å². The summed E-state index contributed by atoms with van der Waals surface area (Å²) in [5.74, 6) is -6.87. The Hall–Kier alpha value is -5.45. The Morgan fingerprint density at radius 3 is 2.22 bits per heavy atom. The molecule has 1 atom stereocenters. The number of carboxylic acid groups (broad SMARTS) is 3. The zero-order chi connectivity index (χ0) is 34.6. The van der Waals surface area contributed by atoms with Crippen LogP contribution in [-0.4, -0.2) is 76.7 Å². The number of ketones is 1. The molecule has 2 aromatic carbocycles. The number of carbonyl (C=O) groups excluding carboxylic acids is 2. The number of nitrogens with one attached hydrogen (secondary N) is 2. The Morgan fingerprint density at radius 1 is 1.02 bits per heavy atom. The fraction of sp³-hybridized carbons (Fsp3) is 0.241. The van der Waals surface area contributed by atoms with Gasteiger partial charge in [-0.25, -0.2) is 9.59 Å². The Kier molecular flexibility index (Phi) is 13.2. The summed E-state index contributed by atoms with van der Waals surface area (Å²) in [6.45, 7) is -0.207. The van der Waals surface area contributed by atoms with Crippen LogP contribution in [0.25, 0.3) is 10.4 Å². The van der Waals surface area contributed by atoms with Gasteiger partial charge in [0.1, 0.15) is 23.9 Å². The number of thiophene rings is 1. The number of nitrogens with two attached hydrogens (primary N) is 1. The van der Waals surface area contributed by atoms with Gasteiger partial charge in [-0.1, -0.05) is 18.2 Å². The van der Waals surface area contributed by atoms with Gasteiger partial charge in [0, 0.05) is 28.8 Å². The highest BCUT2D eigenvalue weighted by molar-refractivity contribution is 7.13. The molecule has 0 aliphatic carbocycles. The normalized spacial score (nSPS) is 11.3. The average Bonchev–Trinajstić information content (AvgIpc) is 3.53. The van der Waals surface area contributed by atoms with Gasteiger partial charge in [0.15, 0.2) is 0 Å². The molecule has 0 saturated heterocycles. The highest BCUT2D eigenvalue weighted by atomic mass is 32.1. The first-order valence-corrected chi connectivity index (χ1v) is 13.8. The molecular weight excluding hydrogens is 639 g/mol. The summed E-state index contributed by atoms with van der Waals surface area (Å²) >= 11 is 1.51. The third-order valence-corrected chi connectivity index (χ3v) is 6.86. The topological polar surface area (TPSA) is 226 Å². The SMILES string of the molecule is COc1ccc(-c2cccs2)cc1C(=O)N[C@H](CCC(=O)O)COc1cc(C(=N)N)ccc1CC(=O)C(=O)O.O=C(O)C(F)(F)F. The number of carbonyl (C=O) groups is 5. The zero-order valence-corrected chi connectivity index (χ0v) is 24.7. The first-order valence-electron chi connectivity index (χ1n) is 12.9. The molecule has 0 aliphatic heterocycles. The third-order valence-electron chi connectivity index (χ3n) is 5.94. The number of methoxy groups -OCH3 is 1. The molecule has 3 aromatic rings. The van der Waals surface area contributed by atoms with E-state index in [9.17, 15) is 37.5 Å². The molecule has 1 heterocycles. The lowest BCUT2D eigenvalue weighted by atomic mass is 10.0. The Morgan fingerprint density at radius 2 is 1.70 bits per heavy atom. The van der Waals surface area contributed by atoms with E-state index in [0.29, 0.717) is 5.75 Å². The van der Waals surface area contributed by atoms with Crippen LogP contribution in [0.1, 0.15) is 34.3 Å². The van der Waals surface area contributed by atoms with Gasteiger partial charge < -0.3 is 35.8 Å². The summed E-state index contributed by atoms with van der Waals surface area (Å²) in [5.41, 5.74) is 7.12. The number of amides is 1. The third kappa shape index (κ3) is 11.2. The van der Waals surface area contributed by atoms with Crippen molar-refractivity contribution in [1.82, 2.24) is 5.32 Å². The number of carboxylic acids is 3. The Labute approximate surface area is 262 Å². The van der Waals surface area contributed by atoms with E-state index in [-0.39, 0.29) is 47.7 Å². The molecule has 3 rings (SSSR count). The van der Waals surface area contributed by atoms with E-state index in [2.05, 4.69) is 5.32 Å². The van der Waals surface area contributed by atoms with Crippen LogP contribution in [0.3, 0.4) is 0 Å². The molecule has 1 aromatic heterocycles. The van der Waals surface area contributed by atoms with E-state index in [1.165, 1.54) is 36.6 Å². The largest absolute Gasteiger partial charge is 0.496 e. The molecule has 1 amide bonds. The van der Waals surface area contributed by atoms with Gasteiger partial charge >= 0.3 is 24.1 Å². The molecule has 17 heteroatoms. The number of amidine groups is 1. The number of benzene rings is 2. The molecular formula is C29H28F3N3O10S. The number of ether oxygens (including phenoxy) is 2. The second-order valence-corrected chi connectivity index (χ2v) is 10.2. The minimum absolute atomic E-state index is 0.0177. The van der Waals surface area contributed by atoms with Crippen molar-refractivity contribution in [2.75, 3.05) is 13.7 Å². The summed E-state index contributed by atoms with van der Waals surface area (Å²) < 4.78 is 42.9. The monoisotopic (exact) mass is 667 g/mol. The van der Waals surface area contributed by atoms with Gasteiger partial charge in [0.25, 0.3) is 5.91 Å². The van der Waals surface area contributed by atoms with E-state index in [1.807, 2.05) is 23.6 Å². The maximum Gasteiger partial charge on any atom is 0.490 e. The lowest BCUT2D eigenvalue weighted by molar-refractivity contribution is -0.192. The Balaban J connectivity index is 0.000000942. The van der Waals surface area contributed by atoms with Gasteiger partial charge in [0.2, 0.25) is 5.78 Å². The molecule has 46 heavy (non-hydrogen) atoms. The van der Waals surface area contributed by atoms with Crippen LogP contribution < -0.4 is 20.5 Å². The van der Waals surface area contributed by atoms with E-state index in [1.54, 1.807) is 12.1 Å². The van der Waals surface area contributed by atoms with Crippen molar-refractivity contribution in [3.63, 3.8) is 0 Å². The molecule has 0 radical (unpaired) electrons. The standard InChI is InChI=1S/C27H27N3O8S.C2HF3O2/c1-37-21-8-6-16(23-3-2-10-39-23)11-19(21)26(34)30-18(7-9-24(32)33)14-38-22-13-17(25(28)29)5-4-15(22)12-20(31)27(35)36;3-2(4,5)1(6)7/h2-6,8,10-11,13,18H,7,9,12,14H2,1H3,(H3,28,29)(H,30,34)(H,32,33)(H,35,36);(H,6,7)/t18-;/m1./s1. The molecule has 0 unspecified atom stereocenters. The number of hydrogen-bond acceptors (Lipinski definition) is 9. The number of rotatable bonds is 14. The van der Waals surface area contributed by atoms with Gasteiger partial charge in [-0.2, -0.15) is 13.2 Å². The second-order valence-electron chi connectivity index (χ2n) is 9.25. The van der Waals surface area contributed by atoms with Crippen LogP contribution >= 0.6 is 11.3 Å². The number of aliphatic carboxylic acids is 3. The van der Waals surface area contributed by atoms with Crippen molar-refractivity contribution in [2.24, 2.45) is 5.73 Å². The van der Waals surface area contributed by atoms with Gasteiger partial charge in [-0.3, -0.25) is 19.8 Å². The maximum atomic E-state index is 13.3. The van der Waals surface area contributed by atoms with Crippen LogP contribution in [0.2, 0.25) is 0 Å². The summed E-state index contributed by atoms with van der Waals surface area (Å²) in [5, 5.41) is 37.7. The lowest BCUT2D eigenvalue weighted by Gasteiger charge is -2.21. The number of alkyl halides is 3. The van der Waals surface area contributed by atoms with Crippen LogP contribution in [0.15, 0.2) is 53.9 Å². The fourth-order valence-electron chi connectivity index (χ4n) is 3.68. The minimum atomic E-state index is -5.08. The summed E-state index contributed by atoms with van der Waals surface area (Å²) in [4.78, 5) is 57.3. The minimum Gasteiger partial charge on any atom is -0.496 e. The summed E-state index contributed by atoms with van der Waals surface area (Å²) in [7, 11) is 1.43. The summed E-state index contributed by atoms with van der Waals surface area (Å²) in [6, 6.07) is 12.5. The van der Waals surface area contributed by atoms with Crippen molar-refractivity contribution in [1.29, 1.82) is 5.41 Å². The van der Waals surface area contributed by atoms with Crippen LogP contribution in [0.4, 0.5) is 13.2 Å². The predicted molar refractivity (Wildman–Crippen MR) is 157 cm³/mol. The molecule has 0 saturated carbocycles. The van der Waals surface area contributed by atoms with Gasteiger partial charge in [-0.15, -0.1) is 11.3 Å². The second kappa shape index (κ2) is 16.6. The van der Waals surface area contributed by atoms with Crippen LogP contribution in [0, 0.1) is 5.41 Å². The number of Topliss-reactive ketones (excluding diaryl/α,β-unsaturated/α-hetero) is 1. The maximum absolute atomic E-state index is 13.3.